The van der Waals surface area contributed by atoms with Gasteiger partial charge in [-0.2, -0.15) is 0 Å². The van der Waals surface area contributed by atoms with Crippen LogP contribution >= 0.6 is 11.3 Å². The van der Waals surface area contributed by atoms with E-state index in [4.69, 9.17) is 4.74 Å². The van der Waals surface area contributed by atoms with Crippen molar-refractivity contribution in [1.82, 2.24) is 9.97 Å². The number of rotatable bonds is 3. The van der Waals surface area contributed by atoms with Gasteiger partial charge in [-0.25, -0.2) is 0 Å². The standard InChI is InChI=1S/C19H16N2O3S/c22-15(14-4-1-7-20-14)11-18-21-19(23)17(25-18)10-12-5-6-16-13(9-12)3-2-8-24-16/h1,4-7,9-11,20H,2-3,8H2,(H,21,23)/b17-10-,18-11+. The smallest absolute Gasteiger partial charge is 0.266 e. The maximum Gasteiger partial charge on any atom is 0.266 e. The first-order chi connectivity index (χ1) is 12.2. The van der Waals surface area contributed by atoms with Crippen molar-refractivity contribution in [2.24, 2.45) is 0 Å². The number of nitrogens with one attached hydrogen (secondary N) is 2. The fourth-order valence-corrected chi connectivity index (χ4v) is 3.71. The van der Waals surface area contributed by atoms with Crippen LogP contribution in [0.4, 0.5) is 0 Å². The van der Waals surface area contributed by atoms with Crippen molar-refractivity contribution in [3.8, 4) is 5.75 Å². The maximum atomic E-state index is 12.2. The van der Waals surface area contributed by atoms with Gasteiger partial charge < -0.3 is 14.7 Å². The first-order valence-electron chi connectivity index (χ1n) is 8.05. The lowest BCUT2D eigenvalue weighted by molar-refractivity contribution is 0.105. The number of carbonyl (C=O) groups excluding carboxylic acids is 1. The summed E-state index contributed by atoms with van der Waals surface area (Å²) in [6.07, 6.45) is 6.97. The molecule has 0 saturated carbocycles. The van der Waals surface area contributed by atoms with E-state index in [9.17, 15) is 9.59 Å². The predicted octanol–water partition coefficient (Wildman–Crippen LogP) is 1.58. The molecule has 0 saturated heterocycles. The van der Waals surface area contributed by atoms with Crippen molar-refractivity contribution < 1.29 is 9.53 Å². The number of thiazole rings is 1. The molecule has 0 spiro atoms. The minimum Gasteiger partial charge on any atom is -0.493 e. The minimum atomic E-state index is -0.190. The van der Waals surface area contributed by atoms with Crippen LogP contribution in [-0.4, -0.2) is 22.4 Å². The molecule has 0 fully saturated rings. The van der Waals surface area contributed by atoms with Gasteiger partial charge in [-0.3, -0.25) is 9.59 Å². The molecule has 5 nitrogen and oxygen atoms in total. The summed E-state index contributed by atoms with van der Waals surface area (Å²) in [4.78, 5) is 29.8. The van der Waals surface area contributed by atoms with Crippen LogP contribution in [-0.2, 0) is 6.42 Å². The van der Waals surface area contributed by atoms with Gasteiger partial charge in [-0.15, -0.1) is 11.3 Å². The van der Waals surface area contributed by atoms with E-state index in [2.05, 4.69) is 16.0 Å². The number of aromatic amines is 2. The van der Waals surface area contributed by atoms with E-state index in [1.165, 1.54) is 23.0 Å². The number of hydrogen-bond donors (Lipinski definition) is 2. The van der Waals surface area contributed by atoms with E-state index in [-0.39, 0.29) is 11.3 Å². The molecule has 3 aromatic rings. The molecule has 1 aromatic carbocycles. The topological polar surface area (TPSA) is 74.9 Å². The van der Waals surface area contributed by atoms with Crippen LogP contribution in [0.25, 0.3) is 12.2 Å². The molecule has 2 N–H and O–H groups in total. The highest BCUT2D eigenvalue weighted by Gasteiger charge is 2.10. The number of carbonyl (C=O) groups is 1. The molecule has 0 atom stereocenters. The van der Waals surface area contributed by atoms with E-state index in [1.54, 1.807) is 18.3 Å². The van der Waals surface area contributed by atoms with Crippen LogP contribution in [0.5, 0.6) is 5.75 Å². The van der Waals surface area contributed by atoms with E-state index < -0.39 is 0 Å². The Balaban J connectivity index is 1.70. The number of benzene rings is 1. The van der Waals surface area contributed by atoms with Gasteiger partial charge >= 0.3 is 0 Å². The van der Waals surface area contributed by atoms with E-state index in [0.717, 1.165) is 30.8 Å². The minimum absolute atomic E-state index is 0.167. The first kappa shape index (κ1) is 15.7. The predicted molar refractivity (Wildman–Crippen MR) is 97.6 cm³/mol. The molecule has 0 bridgehead atoms. The second kappa shape index (κ2) is 6.57. The lowest BCUT2D eigenvalue weighted by Crippen LogP contribution is -2.20. The van der Waals surface area contributed by atoms with Crippen molar-refractivity contribution in [2.75, 3.05) is 6.61 Å². The van der Waals surface area contributed by atoms with Crippen LogP contribution in [0.3, 0.4) is 0 Å². The number of fused-ring (bicyclic) bond motifs is 1. The lowest BCUT2D eigenvalue weighted by atomic mass is 10.0. The van der Waals surface area contributed by atoms with Gasteiger partial charge in [0.2, 0.25) is 5.78 Å². The SMILES string of the molecule is O=C(/C=c1\[nH]c(=O)/c(=C/c2ccc3c(c2)CCCO3)s1)c1ccc[nH]1. The zero-order chi connectivity index (χ0) is 17.2. The third-order valence-electron chi connectivity index (χ3n) is 4.04. The highest BCUT2D eigenvalue weighted by molar-refractivity contribution is 7.07. The average molecular weight is 352 g/mol. The second-order valence-electron chi connectivity index (χ2n) is 5.84. The molecule has 4 rings (SSSR count). The van der Waals surface area contributed by atoms with E-state index in [0.29, 0.717) is 14.9 Å². The summed E-state index contributed by atoms with van der Waals surface area (Å²) in [6, 6.07) is 9.41. The number of ether oxygens (including phenoxy) is 1. The molecule has 0 radical (unpaired) electrons. The number of Topliss-reactive ketones (excluding diaryl/α,β-unsaturated/α-hetero) is 1. The van der Waals surface area contributed by atoms with Crippen LogP contribution in [0.15, 0.2) is 41.3 Å². The Morgan fingerprint density at radius 1 is 1.28 bits per heavy atom. The number of ketones is 1. The van der Waals surface area contributed by atoms with E-state index >= 15 is 0 Å². The largest absolute Gasteiger partial charge is 0.493 e. The number of H-pyrrole nitrogens is 2. The van der Waals surface area contributed by atoms with Gasteiger partial charge in [0.1, 0.15) is 5.75 Å². The first-order valence-corrected chi connectivity index (χ1v) is 8.87. The molecule has 0 amide bonds. The van der Waals surface area contributed by atoms with Gasteiger partial charge in [-0.05, 0) is 54.3 Å². The van der Waals surface area contributed by atoms with Gasteiger partial charge in [0, 0.05) is 12.3 Å². The van der Waals surface area contributed by atoms with Crippen molar-refractivity contribution in [2.45, 2.75) is 12.8 Å². The van der Waals surface area contributed by atoms with Crippen LogP contribution in [0.1, 0.15) is 28.0 Å². The molecule has 0 unspecified atom stereocenters. The Bertz CT molecular complexity index is 1090. The Hall–Kier alpha value is -2.86. The average Bonchev–Trinajstić information content (AvgIpc) is 3.25. The maximum absolute atomic E-state index is 12.2. The third kappa shape index (κ3) is 3.34. The fraction of sp³-hybridized carbons (Fsp3) is 0.158. The Labute approximate surface area is 147 Å². The zero-order valence-electron chi connectivity index (χ0n) is 13.4. The summed E-state index contributed by atoms with van der Waals surface area (Å²) in [7, 11) is 0. The van der Waals surface area contributed by atoms with Gasteiger partial charge in [0.05, 0.1) is 21.5 Å². The molecule has 1 aliphatic rings. The summed E-state index contributed by atoms with van der Waals surface area (Å²) in [5, 5.41) is 0. The normalized spacial score (nSPS) is 15.0. The number of hydrogen-bond acceptors (Lipinski definition) is 4. The second-order valence-corrected chi connectivity index (χ2v) is 6.92. The lowest BCUT2D eigenvalue weighted by Gasteiger charge is -2.17. The van der Waals surface area contributed by atoms with E-state index in [1.807, 2.05) is 18.2 Å². The molecule has 6 heteroatoms. The Morgan fingerprint density at radius 3 is 3.04 bits per heavy atom. The monoisotopic (exact) mass is 352 g/mol. The van der Waals surface area contributed by atoms with Crippen LogP contribution in [0, 0.1) is 0 Å². The zero-order valence-corrected chi connectivity index (χ0v) is 14.2. The highest BCUT2D eigenvalue weighted by atomic mass is 32.1. The fourth-order valence-electron chi connectivity index (χ4n) is 2.83. The summed E-state index contributed by atoms with van der Waals surface area (Å²) < 4.78 is 6.72. The molecule has 1 aliphatic heterocycles. The molecular formula is C19H16N2O3S. The van der Waals surface area contributed by atoms with Crippen LogP contribution < -0.4 is 19.5 Å². The van der Waals surface area contributed by atoms with Gasteiger partial charge in [0.25, 0.3) is 5.56 Å². The van der Waals surface area contributed by atoms with Gasteiger partial charge in [0.15, 0.2) is 0 Å². The molecule has 25 heavy (non-hydrogen) atoms. The number of aryl methyl sites for hydroxylation is 1. The molecule has 0 aliphatic carbocycles. The quantitative estimate of drug-likeness (QED) is 0.703. The molecule has 3 heterocycles. The molecular weight excluding hydrogens is 336 g/mol. The highest BCUT2D eigenvalue weighted by Crippen LogP contribution is 2.25. The van der Waals surface area contributed by atoms with Crippen molar-refractivity contribution in [1.29, 1.82) is 0 Å². The summed E-state index contributed by atoms with van der Waals surface area (Å²) >= 11 is 1.27. The molecule has 126 valence electrons. The third-order valence-corrected chi connectivity index (χ3v) is 5.00. The van der Waals surface area contributed by atoms with Crippen molar-refractivity contribution in [3.63, 3.8) is 0 Å². The summed E-state index contributed by atoms with van der Waals surface area (Å²) in [5.41, 5.74) is 2.43. The Kier molecular flexibility index (Phi) is 4.11. The Morgan fingerprint density at radius 2 is 2.20 bits per heavy atom. The van der Waals surface area contributed by atoms with Crippen molar-refractivity contribution in [3.05, 3.63) is 72.9 Å². The molecule has 2 aromatic heterocycles. The van der Waals surface area contributed by atoms with Crippen LogP contribution in [0.2, 0.25) is 0 Å². The summed E-state index contributed by atoms with van der Waals surface area (Å²) in [5.74, 6) is 0.758. The summed E-state index contributed by atoms with van der Waals surface area (Å²) in [6.45, 7) is 0.759. The van der Waals surface area contributed by atoms with Crippen molar-refractivity contribution >= 4 is 29.3 Å². The number of aromatic nitrogens is 2. The van der Waals surface area contributed by atoms with Gasteiger partial charge in [-0.1, -0.05) is 6.07 Å².